The summed E-state index contributed by atoms with van der Waals surface area (Å²) >= 11 is 0. The van der Waals surface area contributed by atoms with Crippen LogP contribution >= 0.6 is 0 Å². The second-order valence-corrected chi connectivity index (χ2v) is 6.72. The smallest absolute Gasteiger partial charge is 0.112 e. The van der Waals surface area contributed by atoms with Crippen molar-refractivity contribution in [2.75, 3.05) is 0 Å². The standard InChI is InChI=1S/C17H15B5/c1-8-5-6-9(17(2,3)4)7-10(8)11-12(18)14(20)16(22)15(21)13(11)19/h5-7H,1-4H3. The van der Waals surface area contributed by atoms with Crippen LogP contribution in [0.1, 0.15) is 31.9 Å². The minimum atomic E-state index is 0.0108. The Kier molecular flexibility index (Phi) is 4.48. The molecule has 2 aromatic carbocycles. The van der Waals surface area contributed by atoms with Crippen LogP contribution in [-0.2, 0) is 5.41 Å². The second kappa shape index (κ2) is 5.76. The summed E-state index contributed by atoms with van der Waals surface area (Å²) in [6.07, 6.45) is 0. The molecule has 0 bridgehead atoms. The van der Waals surface area contributed by atoms with Gasteiger partial charge >= 0.3 is 0 Å². The van der Waals surface area contributed by atoms with Crippen LogP contribution < -0.4 is 27.3 Å². The normalized spacial score (nSPS) is 11.6. The summed E-state index contributed by atoms with van der Waals surface area (Å²) in [6, 6.07) is 6.25. The zero-order valence-electron chi connectivity index (χ0n) is 13.6. The summed E-state index contributed by atoms with van der Waals surface area (Å²) in [5, 5.41) is 0. The maximum atomic E-state index is 6.17. The lowest BCUT2D eigenvalue weighted by Gasteiger charge is -2.25. The van der Waals surface area contributed by atoms with Crippen LogP contribution in [-0.4, -0.2) is 39.2 Å². The highest BCUT2D eigenvalue weighted by Gasteiger charge is 2.18. The molecule has 22 heavy (non-hydrogen) atoms. The SMILES string of the molecule is [B]c1c([B])c([B])c(-c2cc(C(C)(C)C)ccc2C)c([B])c1[B]. The first kappa shape index (κ1) is 17.1. The summed E-state index contributed by atoms with van der Waals surface area (Å²) in [4.78, 5) is 0. The molecule has 0 aliphatic rings. The molecule has 0 N–H and O–H groups in total. The van der Waals surface area contributed by atoms with E-state index in [0.717, 1.165) is 11.1 Å². The molecule has 0 spiro atoms. The van der Waals surface area contributed by atoms with Crippen LogP contribution in [0.2, 0.25) is 0 Å². The summed E-state index contributed by atoms with van der Waals surface area (Å²) in [5.41, 5.74) is 5.38. The van der Waals surface area contributed by atoms with Crippen LogP contribution in [0.25, 0.3) is 11.1 Å². The Morgan fingerprint density at radius 2 is 1.18 bits per heavy atom. The summed E-state index contributed by atoms with van der Waals surface area (Å²) in [7, 11) is 30.2. The van der Waals surface area contributed by atoms with Gasteiger partial charge in [-0.05, 0) is 34.6 Å². The summed E-state index contributed by atoms with van der Waals surface area (Å²) in [6.45, 7) is 8.46. The van der Waals surface area contributed by atoms with Crippen molar-refractivity contribution in [2.45, 2.75) is 33.1 Å². The molecule has 0 aliphatic heterocycles. The monoisotopic (exact) mass is 274 g/mol. The van der Waals surface area contributed by atoms with E-state index in [4.69, 9.17) is 39.2 Å². The fourth-order valence-electron chi connectivity index (χ4n) is 2.50. The molecule has 0 atom stereocenters. The summed E-state index contributed by atoms with van der Waals surface area (Å²) < 4.78 is 0. The van der Waals surface area contributed by atoms with Crippen molar-refractivity contribution in [3.8, 4) is 11.1 Å². The van der Waals surface area contributed by atoms with Crippen molar-refractivity contribution in [3.05, 3.63) is 29.3 Å². The van der Waals surface area contributed by atoms with Gasteiger partial charge in [-0.1, -0.05) is 49.9 Å². The van der Waals surface area contributed by atoms with E-state index >= 15 is 0 Å². The van der Waals surface area contributed by atoms with Gasteiger partial charge in [-0.2, -0.15) is 0 Å². The van der Waals surface area contributed by atoms with E-state index in [2.05, 4.69) is 39.0 Å². The Morgan fingerprint density at radius 3 is 1.64 bits per heavy atom. The van der Waals surface area contributed by atoms with Crippen molar-refractivity contribution < 1.29 is 0 Å². The van der Waals surface area contributed by atoms with Gasteiger partial charge in [0.25, 0.3) is 0 Å². The molecule has 10 radical (unpaired) electrons. The molecule has 0 saturated carbocycles. The van der Waals surface area contributed by atoms with E-state index in [1.165, 1.54) is 5.56 Å². The first-order valence-corrected chi connectivity index (χ1v) is 7.18. The van der Waals surface area contributed by atoms with Gasteiger partial charge < -0.3 is 0 Å². The van der Waals surface area contributed by atoms with Gasteiger partial charge in [-0.3, -0.25) is 0 Å². The zero-order valence-corrected chi connectivity index (χ0v) is 13.6. The molecule has 0 fully saturated rings. The van der Waals surface area contributed by atoms with Crippen LogP contribution in [0.4, 0.5) is 0 Å². The molecule has 0 aliphatic carbocycles. The molecule has 0 saturated heterocycles. The molecule has 0 unspecified atom stereocenters. The number of rotatable bonds is 1. The first-order valence-electron chi connectivity index (χ1n) is 7.18. The third-order valence-corrected chi connectivity index (χ3v) is 4.07. The minimum Gasteiger partial charge on any atom is -0.112 e. The predicted molar refractivity (Wildman–Crippen MR) is 102 cm³/mol. The van der Waals surface area contributed by atoms with Crippen molar-refractivity contribution in [2.24, 2.45) is 0 Å². The maximum Gasteiger partial charge on any atom is 0.113 e. The van der Waals surface area contributed by atoms with Crippen LogP contribution in [0, 0.1) is 6.92 Å². The van der Waals surface area contributed by atoms with Gasteiger partial charge in [0.1, 0.15) is 39.2 Å². The lowest BCUT2D eigenvalue weighted by molar-refractivity contribution is 0.590. The molecular weight excluding hydrogens is 258 g/mol. The molecular formula is C17H15B5. The van der Waals surface area contributed by atoms with Crippen LogP contribution in [0.3, 0.4) is 0 Å². The highest BCUT2D eigenvalue weighted by Crippen LogP contribution is 2.28. The van der Waals surface area contributed by atoms with Gasteiger partial charge in [-0.25, -0.2) is 0 Å². The second-order valence-electron chi connectivity index (χ2n) is 6.72. The lowest BCUT2D eigenvalue weighted by Crippen LogP contribution is -2.55. The van der Waals surface area contributed by atoms with E-state index in [1.807, 2.05) is 6.92 Å². The van der Waals surface area contributed by atoms with Crippen molar-refractivity contribution in [3.63, 3.8) is 0 Å². The van der Waals surface area contributed by atoms with E-state index in [0.29, 0.717) is 16.5 Å². The van der Waals surface area contributed by atoms with Crippen molar-refractivity contribution >= 4 is 66.5 Å². The highest BCUT2D eigenvalue weighted by molar-refractivity contribution is 6.68. The average molecular weight is 273 g/mol. The van der Waals surface area contributed by atoms with Gasteiger partial charge in [-0.15, -0.1) is 16.4 Å². The van der Waals surface area contributed by atoms with Crippen molar-refractivity contribution in [1.82, 2.24) is 0 Å². The van der Waals surface area contributed by atoms with E-state index < -0.39 is 0 Å². The zero-order chi connectivity index (χ0) is 16.8. The number of hydrogen-bond donors (Lipinski definition) is 0. The molecule has 2 rings (SSSR count). The Labute approximate surface area is 140 Å². The highest BCUT2D eigenvalue weighted by atomic mass is 14.2. The van der Waals surface area contributed by atoms with Crippen LogP contribution in [0.5, 0.6) is 0 Å². The van der Waals surface area contributed by atoms with E-state index in [-0.39, 0.29) is 21.8 Å². The Hall–Kier alpha value is -1.24. The quantitative estimate of drug-likeness (QED) is 0.581. The Bertz CT molecular complexity index is 713. The van der Waals surface area contributed by atoms with Gasteiger partial charge in [0.2, 0.25) is 0 Å². The largest absolute Gasteiger partial charge is 0.113 e. The predicted octanol–water partition coefficient (Wildman–Crippen LogP) is -1.07. The maximum absolute atomic E-state index is 6.17. The molecule has 0 amide bonds. The number of benzene rings is 2. The first-order chi connectivity index (χ1) is 10.1. The lowest BCUT2D eigenvalue weighted by atomic mass is 9.59. The van der Waals surface area contributed by atoms with Gasteiger partial charge in [0.15, 0.2) is 0 Å². The van der Waals surface area contributed by atoms with Gasteiger partial charge in [0, 0.05) is 0 Å². The molecule has 98 valence electrons. The Balaban J connectivity index is 2.83. The molecule has 5 heteroatoms. The van der Waals surface area contributed by atoms with Crippen LogP contribution in [0.15, 0.2) is 18.2 Å². The van der Waals surface area contributed by atoms with E-state index in [9.17, 15) is 0 Å². The fourth-order valence-corrected chi connectivity index (χ4v) is 2.50. The third kappa shape index (κ3) is 2.83. The average Bonchev–Trinajstić information content (AvgIpc) is 2.44. The number of aryl methyl sites for hydroxylation is 1. The van der Waals surface area contributed by atoms with Gasteiger partial charge in [0.05, 0.1) is 0 Å². The third-order valence-electron chi connectivity index (χ3n) is 4.07. The summed E-state index contributed by atoms with van der Waals surface area (Å²) in [5.74, 6) is 0. The molecule has 0 aromatic heterocycles. The molecule has 0 heterocycles. The molecule has 0 nitrogen and oxygen atoms in total. The van der Waals surface area contributed by atoms with Crippen molar-refractivity contribution in [1.29, 1.82) is 0 Å². The topological polar surface area (TPSA) is 0 Å². The molecule has 2 aromatic rings. The minimum absolute atomic E-state index is 0.0108. The fraction of sp³-hybridized carbons (Fsp3) is 0.294. The van der Waals surface area contributed by atoms with E-state index in [1.54, 1.807) is 0 Å². The number of hydrogen-bond acceptors (Lipinski definition) is 0. The Morgan fingerprint density at radius 1 is 0.727 bits per heavy atom.